The first-order valence-corrected chi connectivity index (χ1v) is 7.21. The van der Waals surface area contributed by atoms with E-state index in [4.69, 9.17) is 9.47 Å². The van der Waals surface area contributed by atoms with E-state index in [0.29, 0.717) is 45.0 Å². The maximum absolute atomic E-state index is 13.8. The van der Waals surface area contributed by atoms with Crippen molar-refractivity contribution in [3.63, 3.8) is 0 Å². The number of nitrogens with one attached hydrogen (secondary N) is 1. The number of nitrogens with zero attached hydrogens (tertiary/aromatic N) is 1. The van der Waals surface area contributed by atoms with E-state index in [9.17, 15) is 9.18 Å². The highest BCUT2D eigenvalue weighted by molar-refractivity contribution is 5.82. The fraction of sp³-hybridized carbons (Fsp3) is 0.533. The summed E-state index contributed by atoms with van der Waals surface area (Å²) in [5, 5.41) is 3.15. The summed E-state index contributed by atoms with van der Waals surface area (Å²) in [4.78, 5) is 14.2. The van der Waals surface area contributed by atoms with Crippen LogP contribution in [0.3, 0.4) is 0 Å². The largest absolute Gasteiger partial charge is 0.378 e. The second-order valence-corrected chi connectivity index (χ2v) is 5.25. The van der Waals surface area contributed by atoms with Gasteiger partial charge in [-0.05, 0) is 6.07 Å². The minimum atomic E-state index is -0.409. The molecular formula is C15H19FN2O3. The molecule has 1 aromatic carbocycles. The van der Waals surface area contributed by atoms with Crippen LogP contribution < -0.4 is 5.32 Å². The first-order chi connectivity index (χ1) is 10.3. The van der Waals surface area contributed by atoms with Crippen molar-refractivity contribution >= 4 is 5.91 Å². The molecule has 2 unspecified atom stereocenters. The molecule has 2 aliphatic rings. The van der Waals surface area contributed by atoms with E-state index in [0.717, 1.165) is 0 Å². The molecule has 2 fully saturated rings. The lowest BCUT2D eigenvalue weighted by molar-refractivity contribution is -0.144. The Morgan fingerprint density at radius 3 is 2.95 bits per heavy atom. The van der Waals surface area contributed by atoms with Crippen LogP contribution in [0.15, 0.2) is 24.3 Å². The fourth-order valence-electron chi connectivity index (χ4n) is 2.72. The number of morpholine rings is 2. The third-order valence-corrected chi connectivity index (χ3v) is 3.85. The second kappa shape index (κ2) is 6.51. The van der Waals surface area contributed by atoms with E-state index in [1.54, 1.807) is 23.1 Å². The van der Waals surface area contributed by atoms with Gasteiger partial charge in [0.15, 0.2) is 0 Å². The zero-order chi connectivity index (χ0) is 14.7. The molecule has 0 aliphatic carbocycles. The number of hydrogen-bond acceptors (Lipinski definition) is 4. The number of rotatable bonds is 2. The molecule has 6 heteroatoms. The SMILES string of the molecule is O=C(C1COCCN1)N1CCOC(c2ccccc2F)C1. The fourth-order valence-corrected chi connectivity index (χ4v) is 2.72. The Labute approximate surface area is 123 Å². The van der Waals surface area contributed by atoms with Gasteiger partial charge in [0.05, 0.1) is 26.4 Å². The zero-order valence-electron chi connectivity index (χ0n) is 11.8. The molecule has 2 heterocycles. The van der Waals surface area contributed by atoms with E-state index in [2.05, 4.69) is 5.32 Å². The number of carbonyl (C=O) groups excluding carboxylic acids is 1. The predicted molar refractivity (Wildman–Crippen MR) is 74.3 cm³/mol. The van der Waals surface area contributed by atoms with Crippen molar-refractivity contribution in [2.75, 3.05) is 39.5 Å². The molecule has 2 aliphatic heterocycles. The molecule has 0 bridgehead atoms. The highest BCUT2D eigenvalue weighted by atomic mass is 19.1. The maximum Gasteiger partial charge on any atom is 0.242 e. The molecule has 1 aromatic rings. The standard InChI is InChI=1S/C15H19FN2O3/c16-12-4-2-1-3-11(12)14-9-18(6-8-21-14)15(19)13-10-20-7-5-17-13/h1-4,13-14,17H,5-10H2. The van der Waals surface area contributed by atoms with Gasteiger partial charge in [-0.15, -0.1) is 0 Å². The maximum atomic E-state index is 13.8. The summed E-state index contributed by atoms with van der Waals surface area (Å²) in [5.41, 5.74) is 0.503. The van der Waals surface area contributed by atoms with Crippen molar-refractivity contribution < 1.29 is 18.7 Å². The summed E-state index contributed by atoms with van der Waals surface area (Å²) >= 11 is 0. The smallest absolute Gasteiger partial charge is 0.242 e. The highest BCUT2D eigenvalue weighted by Crippen LogP contribution is 2.24. The summed E-state index contributed by atoms with van der Waals surface area (Å²) in [7, 11) is 0. The minimum absolute atomic E-state index is 0.000612. The molecule has 5 nitrogen and oxygen atoms in total. The van der Waals surface area contributed by atoms with Crippen LogP contribution in [0.5, 0.6) is 0 Å². The Kier molecular flexibility index (Phi) is 4.48. The van der Waals surface area contributed by atoms with Crippen molar-refractivity contribution in [1.82, 2.24) is 10.2 Å². The lowest BCUT2D eigenvalue weighted by Gasteiger charge is -2.36. The average Bonchev–Trinajstić information content (AvgIpc) is 2.55. The number of hydrogen-bond donors (Lipinski definition) is 1. The Bertz CT molecular complexity index is 505. The molecule has 2 saturated heterocycles. The summed E-state index contributed by atoms with van der Waals surface area (Å²) in [5.74, 6) is -0.296. The molecule has 0 saturated carbocycles. The zero-order valence-corrected chi connectivity index (χ0v) is 11.8. The summed E-state index contributed by atoms with van der Waals surface area (Å²) < 4.78 is 24.8. The van der Waals surface area contributed by atoms with Crippen LogP contribution in [-0.2, 0) is 14.3 Å². The van der Waals surface area contributed by atoms with Crippen LogP contribution in [0.2, 0.25) is 0 Å². The Morgan fingerprint density at radius 1 is 1.33 bits per heavy atom. The van der Waals surface area contributed by atoms with Crippen molar-refractivity contribution in [2.24, 2.45) is 0 Å². The molecule has 2 atom stereocenters. The third-order valence-electron chi connectivity index (χ3n) is 3.85. The van der Waals surface area contributed by atoms with E-state index in [1.807, 2.05) is 0 Å². The van der Waals surface area contributed by atoms with Gasteiger partial charge in [0.2, 0.25) is 5.91 Å². The van der Waals surface area contributed by atoms with Crippen LogP contribution in [0.1, 0.15) is 11.7 Å². The van der Waals surface area contributed by atoms with Gasteiger partial charge in [0.25, 0.3) is 0 Å². The third kappa shape index (κ3) is 3.23. The minimum Gasteiger partial charge on any atom is -0.378 e. The molecule has 0 spiro atoms. The van der Waals surface area contributed by atoms with Gasteiger partial charge in [-0.1, -0.05) is 18.2 Å². The highest BCUT2D eigenvalue weighted by Gasteiger charge is 2.31. The van der Waals surface area contributed by atoms with E-state index in [1.165, 1.54) is 6.07 Å². The first kappa shape index (κ1) is 14.4. The molecule has 1 N–H and O–H groups in total. The van der Waals surface area contributed by atoms with Gasteiger partial charge in [-0.3, -0.25) is 4.79 Å². The Hall–Kier alpha value is -1.50. The van der Waals surface area contributed by atoms with Crippen LogP contribution >= 0.6 is 0 Å². The summed E-state index contributed by atoms with van der Waals surface area (Å²) in [6, 6.07) is 6.23. The summed E-state index contributed by atoms with van der Waals surface area (Å²) in [6.07, 6.45) is -0.409. The molecule has 21 heavy (non-hydrogen) atoms. The van der Waals surface area contributed by atoms with Gasteiger partial charge in [0, 0.05) is 18.7 Å². The van der Waals surface area contributed by atoms with Crippen LogP contribution in [0.25, 0.3) is 0 Å². The molecular weight excluding hydrogens is 275 g/mol. The quantitative estimate of drug-likeness (QED) is 0.873. The van der Waals surface area contributed by atoms with Crippen LogP contribution in [0.4, 0.5) is 4.39 Å². The molecule has 114 valence electrons. The van der Waals surface area contributed by atoms with Crippen LogP contribution in [0, 0.1) is 5.82 Å². The number of ether oxygens (including phenoxy) is 2. The first-order valence-electron chi connectivity index (χ1n) is 7.21. The van der Waals surface area contributed by atoms with E-state index < -0.39 is 6.10 Å². The topological polar surface area (TPSA) is 50.8 Å². The van der Waals surface area contributed by atoms with Crippen molar-refractivity contribution in [3.05, 3.63) is 35.6 Å². The van der Waals surface area contributed by atoms with E-state index in [-0.39, 0.29) is 17.8 Å². The molecule has 0 radical (unpaired) electrons. The van der Waals surface area contributed by atoms with Gasteiger partial charge in [-0.25, -0.2) is 4.39 Å². The van der Waals surface area contributed by atoms with Crippen molar-refractivity contribution in [2.45, 2.75) is 12.1 Å². The molecule has 0 aromatic heterocycles. The average molecular weight is 294 g/mol. The monoisotopic (exact) mass is 294 g/mol. The van der Waals surface area contributed by atoms with Gasteiger partial charge < -0.3 is 19.7 Å². The van der Waals surface area contributed by atoms with Crippen molar-refractivity contribution in [1.29, 1.82) is 0 Å². The van der Waals surface area contributed by atoms with E-state index >= 15 is 0 Å². The normalized spacial score (nSPS) is 26.6. The van der Waals surface area contributed by atoms with Gasteiger partial charge in [0.1, 0.15) is 18.0 Å². The van der Waals surface area contributed by atoms with Crippen LogP contribution in [-0.4, -0.2) is 56.3 Å². The second-order valence-electron chi connectivity index (χ2n) is 5.25. The van der Waals surface area contributed by atoms with Gasteiger partial charge >= 0.3 is 0 Å². The number of benzene rings is 1. The van der Waals surface area contributed by atoms with Gasteiger partial charge in [-0.2, -0.15) is 0 Å². The number of halogens is 1. The number of carbonyl (C=O) groups is 1. The van der Waals surface area contributed by atoms with Crippen molar-refractivity contribution in [3.8, 4) is 0 Å². The molecule has 1 amide bonds. The predicted octanol–water partition coefficient (Wildman–Crippen LogP) is 0.714. The number of amides is 1. The Morgan fingerprint density at radius 2 is 2.19 bits per heavy atom. The lowest BCUT2D eigenvalue weighted by Crippen LogP contribution is -2.55. The summed E-state index contributed by atoms with van der Waals surface area (Å²) in [6.45, 7) is 3.01. The molecule has 3 rings (SSSR count). The lowest BCUT2D eigenvalue weighted by atomic mass is 10.1. The Balaban J connectivity index is 1.68.